The third-order valence-corrected chi connectivity index (χ3v) is 6.37. The van der Waals surface area contributed by atoms with Crippen LogP contribution in [0.1, 0.15) is 6.92 Å². The zero-order chi connectivity index (χ0) is 20.9. The minimum absolute atomic E-state index is 0.168. The number of alkyl halides is 6. The minimum Gasteiger partial charge on any atom is -0.477 e. The number of allylic oxidation sites excluding steroid dienone is 1. The van der Waals surface area contributed by atoms with Gasteiger partial charge in [-0.2, -0.15) is 26.3 Å². The number of aliphatic carboxylic acids is 1. The van der Waals surface area contributed by atoms with E-state index in [9.17, 15) is 48.0 Å². The van der Waals surface area contributed by atoms with Crippen LogP contribution in [0.5, 0.6) is 0 Å². The van der Waals surface area contributed by atoms with Gasteiger partial charge in [0.15, 0.2) is 17.2 Å². The van der Waals surface area contributed by atoms with Gasteiger partial charge in [0.25, 0.3) is 19.7 Å². The second-order valence-electron chi connectivity index (χ2n) is 4.88. The largest absolute Gasteiger partial charge is 0.502 e. The van der Waals surface area contributed by atoms with Crippen molar-refractivity contribution in [3.05, 3.63) is 9.81 Å². The summed E-state index contributed by atoms with van der Waals surface area (Å²) in [5.74, 6) is -1.72. The van der Waals surface area contributed by atoms with Crippen molar-refractivity contribution in [2.45, 2.75) is 24.0 Å². The third kappa shape index (κ3) is 3.60. The molecule has 1 unspecified atom stereocenters. The van der Waals surface area contributed by atoms with Crippen LogP contribution in [-0.4, -0.2) is 68.0 Å². The van der Waals surface area contributed by atoms with Crippen LogP contribution in [0.4, 0.5) is 26.3 Å². The molecule has 0 aliphatic carbocycles. The van der Waals surface area contributed by atoms with E-state index in [1.165, 1.54) is 0 Å². The van der Waals surface area contributed by atoms with E-state index in [4.69, 9.17) is 10.5 Å². The van der Waals surface area contributed by atoms with E-state index in [1.54, 1.807) is 0 Å². The van der Waals surface area contributed by atoms with Crippen molar-refractivity contribution < 1.29 is 57.7 Å². The van der Waals surface area contributed by atoms with Crippen molar-refractivity contribution in [3.63, 3.8) is 0 Å². The molecule has 0 amide bonds. The molecular weight excluding hydrogens is 422 g/mol. The van der Waals surface area contributed by atoms with Gasteiger partial charge in [-0.05, 0) is 0 Å². The SMILES string of the molecule is CC1C(=N)C(S(=O)(=O)C(F)(F)F)=C(S(=O)(=O)C(F)(F)F)C=[N+]1CC(=O)O. The summed E-state index contributed by atoms with van der Waals surface area (Å²) in [4.78, 5) is 5.93. The van der Waals surface area contributed by atoms with Crippen molar-refractivity contribution in [3.8, 4) is 0 Å². The predicted molar refractivity (Wildman–Crippen MR) is 73.0 cm³/mol. The highest BCUT2D eigenvalue weighted by Gasteiger charge is 2.59. The minimum atomic E-state index is -6.66. The van der Waals surface area contributed by atoms with Crippen molar-refractivity contribution in [1.29, 1.82) is 5.41 Å². The highest BCUT2D eigenvalue weighted by molar-refractivity contribution is 8.01. The summed E-state index contributed by atoms with van der Waals surface area (Å²) in [7, 11) is -13.3. The zero-order valence-electron chi connectivity index (χ0n) is 12.4. The second kappa shape index (κ2) is 6.33. The van der Waals surface area contributed by atoms with Crippen LogP contribution in [0.25, 0.3) is 0 Å². The number of carbonyl (C=O) groups is 1. The van der Waals surface area contributed by atoms with Gasteiger partial charge in [-0.3, -0.25) is 5.41 Å². The molecule has 1 rings (SSSR count). The Kier molecular flexibility index (Phi) is 5.37. The highest BCUT2D eigenvalue weighted by Crippen LogP contribution is 2.38. The summed E-state index contributed by atoms with van der Waals surface area (Å²) < 4.78 is 123. The molecule has 0 spiro atoms. The lowest BCUT2D eigenvalue weighted by molar-refractivity contribution is -0.531. The number of rotatable bonds is 4. The van der Waals surface area contributed by atoms with Crippen LogP contribution < -0.4 is 0 Å². The number of nitrogens with one attached hydrogen (secondary N) is 1. The Balaban J connectivity index is 4.04. The fourth-order valence-electron chi connectivity index (χ4n) is 1.86. The quantitative estimate of drug-likeness (QED) is 0.496. The Morgan fingerprint density at radius 3 is 1.88 bits per heavy atom. The Bertz CT molecular complexity index is 926. The van der Waals surface area contributed by atoms with Crippen LogP contribution in [0.15, 0.2) is 9.81 Å². The average molecular weight is 431 g/mol. The molecule has 8 nitrogen and oxygen atoms in total. The van der Waals surface area contributed by atoms with Crippen LogP contribution >= 0.6 is 0 Å². The lowest BCUT2D eigenvalue weighted by Crippen LogP contribution is -2.46. The summed E-state index contributed by atoms with van der Waals surface area (Å²) in [6.45, 7) is -0.371. The van der Waals surface area contributed by atoms with E-state index in [2.05, 4.69) is 0 Å². The molecule has 1 aliphatic heterocycles. The molecule has 148 valence electrons. The van der Waals surface area contributed by atoms with Crippen molar-refractivity contribution >= 4 is 37.6 Å². The molecule has 2 N–H and O–H groups in total. The molecule has 0 bridgehead atoms. The Morgan fingerprint density at radius 2 is 1.54 bits per heavy atom. The number of sulfone groups is 2. The van der Waals surface area contributed by atoms with Gasteiger partial charge in [-0.1, -0.05) is 0 Å². The molecular formula is C10H9F6N2O6S2+. The Hall–Kier alpha value is -1.97. The van der Waals surface area contributed by atoms with Crippen molar-refractivity contribution in [2.24, 2.45) is 0 Å². The first-order valence-corrected chi connectivity index (χ1v) is 9.10. The van der Waals surface area contributed by atoms with E-state index < -0.39 is 64.8 Å². The first kappa shape index (κ1) is 22.1. The summed E-state index contributed by atoms with van der Waals surface area (Å²) in [6, 6.07) is -1.76. The maximum absolute atomic E-state index is 12.8. The smallest absolute Gasteiger partial charge is 0.477 e. The second-order valence-corrected chi connectivity index (χ2v) is 8.66. The lowest BCUT2D eigenvalue weighted by Gasteiger charge is -2.22. The van der Waals surface area contributed by atoms with Crippen LogP contribution in [-0.2, 0) is 24.5 Å². The number of hydrogen-bond donors (Lipinski definition) is 2. The monoisotopic (exact) mass is 431 g/mol. The Labute approximate surface area is 141 Å². The molecule has 26 heavy (non-hydrogen) atoms. The maximum Gasteiger partial charge on any atom is 0.502 e. The molecule has 0 aromatic carbocycles. The first-order chi connectivity index (χ1) is 11.4. The van der Waals surface area contributed by atoms with Crippen LogP contribution in [0, 0.1) is 5.41 Å². The van der Waals surface area contributed by atoms with Gasteiger partial charge in [0.2, 0.25) is 6.54 Å². The lowest BCUT2D eigenvalue weighted by atomic mass is 10.1. The molecule has 0 radical (unpaired) electrons. The number of carboxylic acid groups (broad SMARTS) is 1. The van der Waals surface area contributed by atoms with Crippen molar-refractivity contribution in [2.75, 3.05) is 6.54 Å². The summed E-state index contributed by atoms with van der Waals surface area (Å²) in [6.07, 6.45) is -0.168. The molecule has 16 heteroatoms. The van der Waals surface area contributed by atoms with Gasteiger partial charge in [0.1, 0.15) is 10.6 Å². The fraction of sp³-hybridized carbons (Fsp3) is 0.500. The van der Waals surface area contributed by atoms with E-state index in [-0.39, 0.29) is 6.21 Å². The zero-order valence-corrected chi connectivity index (χ0v) is 14.0. The highest BCUT2D eigenvalue weighted by atomic mass is 32.2. The summed E-state index contributed by atoms with van der Waals surface area (Å²) in [5.41, 5.74) is -14.0. The maximum atomic E-state index is 12.8. The molecule has 0 fully saturated rings. The standard InChI is InChI=1S/C10H8F6N2O6S2/c1-4-7(17)8(26(23,24)10(14,15)16)5(2-18(4)3-6(19)20)25(21,22)9(11,12)13/h2,4,17H,3H2,1H3/p+1. The number of halogens is 6. The van der Waals surface area contributed by atoms with Gasteiger partial charge in [-0.15, -0.1) is 0 Å². The molecule has 1 atom stereocenters. The topological polar surface area (TPSA) is 132 Å². The summed E-state index contributed by atoms with van der Waals surface area (Å²) >= 11 is 0. The van der Waals surface area contributed by atoms with E-state index in [1.807, 2.05) is 0 Å². The third-order valence-electron chi connectivity index (χ3n) is 3.15. The van der Waals surface area contributed by atoms with Crippen molar-refractivity contribution in [1.82, 2.24) is 0 Å². The number of carboxylic acids is 1. The van der Waals surface area contributed by atoms with Gasteiger partial charge >= 0.3 is 17.0 Å². The van der Waals surface area contributed by atoms with Gasteiger partial charge in [-0.25, -0.2) is 26.2 Å². The first-order valence-electron chi connectivity index (χ1n) is 6.14. The molecule has 1 heterocycles. The van der Waals surface area contributed by atoms with E-state index >= 15 is 0 Å². The Morgan fingerprint density at radius 1 is 1.12 bits per heavy atom. The fourth-order valence-corrected chi connectivity index (χ4v) is 4.40. The average Bonchev–Trinajstić information content (AvgIpc) is 2.40. The number of nitrogens with zero attached hydrogens (tertiary/aromatic N) is 1. The van der Waals surface area contributed by atoms with Gasteiger partial charge in [0, 0.05) is 6.92 Å². The number of hydrogen-bond acceptors (Lipinski definition) is 6. The molecule has 0 aromatic rings. The molecule has 0 saturated carbocycles. The van der Waals surface area contributed by atoms with E-state index in [0.29, 0.717) is 4.58 Å². The van der Waals surface area contributed by atoms with E-state index in [0.717, 1.165) is 6.92 Å². The normalized spacial score (nSPS) is 20.2. The molecule has 1 aliphatic rings. The van der Waals surface area contributed by atoms with Crippen LogP contribution in [0.3, 0.4) is 0 Å². The van der Waals surface area contributed by atoms with Crippen LogP contribution in [0.2, 0.25) is 0 Å². The molecule has 0 saturated heterocycles. The summed E-state index contributed by atoms with van der Waals surface area (Å²) in [5, 5.41) is 16.1. The molecule has 0 aromatic heterocycles. The van der Waals surface area contributed by atoms with Gasteiger partial charge < -0.3 is 5.11 Å². The predicted octanol–water partition coefficient (Wildman–Crippen LogP) is 0.657. The van der Waals surface area contributed by atoms with Gasteiger partial charge in [0.05, 0.1) is 0 Å².